The molecule has 0 radical (unpaired) electrons. The first-order valence-electron chi connectivity index (χ1n) is 8.59. The minimum atomic E-state index is -1.12. The number of para-hydroxylation sites is 1. The summed E-state index contributed by atoms with van der Waals surface area (Å²) in [5.41, 5.74) is 1.72. The van der Waals surface area contributed by atoms with Gasteiger partial charge >= 0.3 is 0 Å². The summed E-state index contributed by atoms with van der Waals surface area (Å²) >= 11 is 0. The van der Waals surface area contributed by atoms with E-state index in [1.54, 1.807) is 23.2 Å². The van der Waals surface area contributed by atoms with Gasteiger partial charge in [0.15, 0.2) is 0 Å². The van der Waals surface area contributed by atoms with Gasteiger partial charge in [0.2, 0.25) is 11.8 Å². The number of hydrogen-bond acceptors (Lipinski definition) is 3. The molecule has 0 saturated carbocycles. The van der Waals surface area contributed by atoms with Crippen LogP contribution in [0.4, 0.5) is 15.9 Å². The van der Waals surface area contributed by atoms with Crippen molar-refractivity contribution in [3.8, 4) is 0 Å². The molecule has 0 unspecified atom stereocenters. The van der Waals surface area contributed by atoms with E-state index in [0.717, 1.165) is 11.3 Å². The number of halogens is 1. The summed E-state index contributed by atoms with van der Waals surface area (Å²) in [5.74, 6) is -0.355. The van der Waals surface area contributed by atoms with Gasteiger partial charge in [-0.15, -0.1) is 0 Å². The molecular formula is C20H15FN4O2. The summed E-state index contributed by atoms with van der Waals surface area (Å²) in [6.07, 6.45) is 1.60. The Morgan fingerprint density at radius 2 is 1.96 bits per heavy atom. The number of benzene rings is 2. The van der Waals surface area contributed by atoms with Crippen LogP contribution in [0.25, 0.3) is 0 Å². The lowest BCUT2D eigenvalue weighted by Gasteiger charge is -2.31. The van der Waals surface area contributed by atoms with Crippen LogP contribution < -0.4 is 10.2 Å². The summed E-state index contributed by atoms with van der Waals surface area (Å²) in [4.78, 5) is 27.6. The van der Waals surface area contributed by atoms with Crippen molar-refractivity contribution in [3.05, 3.63) is 77.2 Å². The minimum Gasteiger partial charge on any atom is -0.311 e. The third kappa shape index (κ3) is 2.14. The zero-order chi connectivity index (χ0) is 18.6. The molecular weight excluding hydrogens is 347 g/mol. The van der Waals surface area contributed by atoms with Crippen molar-refractivity contribution in [1.82, 2.24) is 10.2 Å². The van der Waals surface area contributed by atoms with Crippen LogP contribution in [0.15, 0.2) is 54.7 Å². The quantitative estimate of drug-likeness (QED) is 0.736. The zero-order valence-corrected chi connectivity index (χ0v) is 14.2. The lowest BCUT2D eigenvalue weighted by molar-refractivity contribution is -0.126. The number of rotatable bonds is 2. The number of anilines is 2. The second kappa shape index (κ2) is 5.51. The molecule has 2 amide bonds. The molecule has 6 nitrogen and oxygen atoms in total. The van der Waals surface area contributed by atoms with Gasteiger partial charge in [-0.3, -0.25) is 14.7 Å². The van der Waals surface area contributed by atoms with Crippen molar-refractivity contribution in [2.24, 2.45) is 0 Å². The first kappa shape index (κ1) is 15.7. The fourth-order valence-corrected chi connectivity index (χ4v) is 4.16. The fourth-order valence-electron chi connectivity index (χ4n) is 4.16. The maximum absolute atomic E-state index is 13.6. The van der Waals surface area contributed by atoms with Crippen LogP contribution in [0.2, 0.25) is 0 Å². The number of hydrogen-bond donors (Lipinski definition) is 2. The van der Waals surface area contributed by atoms with Gasteiger partial charge in [0.1, 0.15) is 17.1 Å². The van der Waals surface area contributed by atoms with Gasteiger partial charge < -0.3 is 10.2 Å². The van der Waals surface area contributed by atoms with E-state index in [2.05, 4.69) is 15.5 Å². The molecule has 2 aromatic carbocycles. The van der Waals surface area contributed by atoms with Gasteiger partial charge in [0.05, 0.1) is 12.7 Å². The molecule has 27 heavy (non-hydrogen) atoms. The number of aromatic nitrogens is 2. The normalized spacial score (nSPS) is 20.6. The molecule has 5 rings (SSSR count). The molecule has 0 bridgehead atoms. The van der Waals surface area contributed by atoms with Crippen LogP contribution in [0.1, 0.15) is 23.1 Å². The van der Waals surface area contributed by atoms with Gasteiger partial charge in [-0.2, -0.15) is 5.10 Å². The van der Waals surface area contributed by atoms with E-state index in [-0.39, 0.29) is 30.6 Å². The molecule has 2 aliphatic rings. The number of carbonyl (C=O) groups is 2. The Hall–Kier alpha value is -3.48. The highest BCUT2D eigenvalue weighted by atomic mass is 19.1. The average Bonchev–Trinajstić information content (AvgIpc) is 3.21. The van der Waals surface area contributed by atoms with Crippen LogP contribution >= 0.6 is 0 Å². The van der Waals surface area contributed by atoms with E-state index in [0.29, 0.717) is 16.9 Å². The lowest BCUT2D eigenvalue weighted by atomic mass is 9.72. The smallest absolute Gasteiger partial charge is 0.243 e. The van der Waals surface area contributed by atoms with E-state index in [1.807, 2.05) is 24.3 Å². The predicted octanol–water partition coefficient (Wildman–Crippen LogP) is 2.72. The van der Waals surface area contributed by atoms with Crippen LogP contribution in [0.5, 0.6) is 0 Å². The van der Waals surface area contributed by atoms with Gasteiger partial charge in [0, 0.05) is 17.7 Å². The fraction of sp³-hybridized carbons (Fsp3) is 0.150. The van der Waals surface area contributed by atoms with Crippen molar-refractivity contribution in [2.45, 2.75) is 18.4 Å². The molecule has 0 saturated heterocycles. The molecule has 3 heterocycles. The summed E-state index contributed by atoms with van der Waals surface area (Å²) in [7, 11) is 0. The average molecular weight is 362 g/mol. The minimum absolute atomic E-state index is 0.00896. The molecule has 3 aromatic rings. The summed E-state index contributed by atoms with van der Waals surface area (Å²) in [5, 5.41) is 9.52. The van der Waals surface area contributed by atoms with Gasteiger partial charge in [-0.05, 0) is 29.3 Å². The maximum Gasteiger partial charge on any atom is 0.243 e. The Labute approximate surface area is 154 Å². The molecule has 0 aliphatic carbocycles. The summed E-state index contributed by atoms with van der Waals surface area (Å²) in [6, 6.07) is 13.6. The number of fused-ring (bicyclic) bond motifs is 4. The van der Waals surface area contributed by atoms with Crippen molar-refractivity contribution < 1.29 is 14.0 Å². The van der Waals surface area contributed by atoms with Crippen molar-refractivity contribution >= 4 is 23.3 Å². The molecule has 134 valence electrons. The number of nitrogens with zero attached hydrogens (tertiary/aromatic N) is 2. The van der Waals surface area contributed by atoms with Gasteiger partial charge in [-0.1, -0.05) is 30.3 Å². The lowest BCUT2D eigenvalue weighted by Crippen LogP contribution is -2.46. The highest BCUT2D eigenvalue weighted by molar-refractivity contribution is 6.15. The van der Waals surface area contributed by atoms with E-state index in [9.17, 15) is 14.0 Å². The Balaban J connectivity index is 1.68. The number of nitrogens with one attached hydrogen (secondary N) is 2. The van der Waals surface area contributed by atoms with Crippen LogP contribution in [-0.2, 0) is 21.5 Å². The van der Waals surface area contributed by atoms with E-state index >= 15 is 0 Å². The van der Waals surface area contributed by atoms with Crippen molar-refractivity contribution in [1.29, 1.82) is 0 Å². The number of H-pyrrole nitrogens is 1. The number of aromatic amines is 1. The van der Waals surface area contributed by atoms with E-state index in [1.165, 1.54) is 12.1 Å². The second-order valence-electron chi connectivity index (χ2n) is 6.83. The molecule has 2 N–H and O–H groups in total. The highest BCUT2D eigenvalue weighted by Crippen LogP contribution is 2.51. The third-order valence-electron chi connectivity index (χ3n) is 5.28. The molecule has 7 heteroatoms. The first-order valence-corrected chi connectivity index (χ1v) is 8.59. The monoisotopic (exact) mass is 362 g/mol. The Morgan fingerprint density at radius 3 is 2.81 bits per heavy atom. The van der Waals surface area contributed by atoms with Gasteiger partial charge in [-0.25, -0.2) is 4.39 Å². The summed E-state index contributed by atoms with van der Waals surface area (Å²) in [6.45, 7) is 0.226. The van der Waals surface area contributed by atoms with E-state index in [4.69, 9.17) is 0 Å². The topological polar surface area (TPSA) is 78.1 Å². The second-order valence-corrected chi connectivity index (χ2v) is 6.83. The number of amides is 2. The molecule has 2 aliphatic heterocycles. The van der Waals surface area contributed by atoms with E-state index < -0.39 is 5.41 Å². The Morgan fingerprint density at radius 1 is 1.11 bits per heavy atom. The number of carbonyl (C=O) groups excluding carboxylic acids is 2. The third-order valence-corrected chi connectivity index (χ3v) is 5.28. The van der Waals surface area contributed by atoms with Crippen molar-refractivity contribution in [2.75, 3.05) is 10.2 Å². The molecule has 1 aromatic heterocycles. The predicted molar refractivity (Wildman–Crippen MR) is 96.6 cm³/mol. The summed E-state index contributed by atoms with van der Waals surface area (Å²) < 4.78 is 13.6. The molecule has 1 spiro atoms. The molecule has 0 fully saturated rings. The maximum atomic E-state index is 13.6. The Kier molecular flexibility index (Phi) is 3.21. The molecule has 1 atom stereocenters. The highest BCUT2D eigenvalue weighted by Gasteiger charge is 2.56. The standard InChI is InChI=1S/C20H15FN4O2/c21-13-5-3-4-12(8-13)11-25-16-7-2-1-6-14(16)20(19(25)27)9-17(26)23-18-15(20)10-22-24-18/h1-8,10H,9,11H2,(H2,22,23,24,26)/t20-/m1/s1. The van der Waals surface area contributed by atoms with Gasteiger partial charge in [0.25, 0.3) is 0 Å². The van der Waals surface area contributed by atoms with Crippen LogP contribution in [0, 0.1) is 5.82 Å². The van der Waals surface area contributed by atoms with Crippen LogP contribution in [0.3, 0.4) is 0 Å². The zero-order valence-electron chi connectivity index (χ0n) is 14.2. The van der Waals surface area contributed by atoms with Crippen LogP contribution in [-0.4, -0.2) is 22.0 Å². The SMILES string of the molecule is O=C1C[C@]2(C(=O)N(Cc3cccc(F)c3)c3ccccc32)c2cn[nH]c2N1. The first-order chi connectivity index (χ1) is 13.1. The Bertz CT molecular complexity index is 1090. The van der Waals surface area contributed by atoms with Crippen molar-refractivity contribution in [3.63, 3.8) is 0 Å². The largest absolute Gasteiger partial charge is 0.311 e.